The number of likely N-dealkylation sites (tertiary alicyclic amines) is 1. The maximum Gasteiger partial charge on any atom is 0.320 e. The van der Waals surface area contributed by atoms with Gasteiger partial charge in [0.05, 0.1) is 14.2 Å². The largest absolute Gasteiger partial charge is 0.493 e. The summed E-state index contributed by atoms with van der Waals surface area (Å²) >= 11 is 0. The van der Waals surface area contributed by atoms with Crippen LogP contribution in [0.3, 0.4) is 0 Å². The van der Waals surface area contributed by atoms with Gasteiger partial charge in [-0.2, -0.15) is 0 Å². The quantitative estimate of drug-likeness (QED) is 0.822. The highest BCUT2D eigenvalue weighted by Crippen LogP contribution is 2.40. The van der Waals surface area contributed by atoms with Crippen LogP contribution in [-0.2, 0) is 11.2 Å². The van der Waals surface area contributed by atoms with E-state index in [2.05, 4.69) is 4.98 Å². The zero-order valence-corrected chi connectivity index (χ0v) is 15.1. The molecule has 6 nitrogen and oxygen atoms in total. The Labute approximate surface area is 153 Å². The number of hydrogen-bond acceptors (Lipinski definition) is 5. The molecule has 0 radical (unpaired) electrons. The van der Waals surface area contributed by atoms with Crippen molar-refractivity contribution in [2.45, 2.75) is 31.3 Å². The van der Waals surface area contributed by atoms with Gasteiger partial charge in [-0.1, -0.05) is 18.2 Å². The van der Waals surface area contributed by atoms with Gasteiger partial charge in [0.2, 0.25) is 0 Å². The fourth-order valence-electron chi connectivity index (χ4n) is 3.72. The third-order valence-electron chi connectivity index (χ3n) is 4.90. The lowest BCUT2D eigenvalue weighted by atomic mass is 9.97. The van der Waals surface area contributed by atoms with Crippen molar-refractivity contribution < 1.29 is 19.4 Å². The highest BCUT2D eigenvalue weighted by molar-refractivity contribution is 5.74. The van der Waals surface area contributed by atoms with Crippen molar-refractivity contribution in [3.05, 3.63) is 53.9 Å². The van der Waals surface area contributed by atoms with Gasteiger partial charge in [0.15, 0.2) is 11.5 Å². The second-order valence-electron chi connectivity index (χ2n) is 6.36. The second kappa shape index (κ2) is 8.19. The smallest absolute Gasteiger partial charge is 0.320 e. The highest BCUT2D eigenvalue weighted by atomic mass is 16.5. The Morgan fingerprint density at radius 3 is 2.77 bits per heavy atom. The minimum absolute atomic E-state index is 0.154. The summed E-state index contributed by atoms with van der Waals surface area (Å²) in [5.74, 6) is 0.504. The van der Waals surface area contributed by atoms with Gasteiger partial charge in [0.25, 0.3) is 0 Å². The summed E-state index contributed by atoms with van der Waals surface area (Å²) in [7, 11) is 3.21. The molecule has 1 saturated heterocycles. The number of nitrogens with zero attached hydrogens (tertiary/aromatic N) is 2. The number of benzene rings is 1. The molecule has 1 fully saturated rings. The van der Waals surface area contributed by atoms with Gasteiger partial charge in [-0.25, -0.2) is 0 Å². The molecule has 0 spiro atoms. The van der Waals surface area contributed by atoms with E-state index in [1.165, 1.54) is 0 Å². The molecular weight excluding hydrogens is 332 g/mol. The third-order valence-corrected chi connectivity index (χ3v) is 4.90. The number of pyridine rings is 1. The number of hydrogen-bond donors (Lipinski definition) is 1. The van der Waals surface area contributed by atoms with Crippen LogP contribution in [0.15, 0.2) is 42.6 Å². The van der Waals surface area contributed by atoms with Gasteiger partial charge in [0.1, 0.15) is 6.04 Å². The molecule has 1 aliphatic heterocycles. The van der Waals surface area contributed by atoms with E-state index in [1.807, 2.05) is 41.3 Å². The number of aliphatic carboxylic acids is 1. The Hall–Kier alpha value is -2.60. The lowest BCUT2D eigenvalue weighted by molar-refractivity contribution is -0.143. The molecule has 2 atom stereocenters. The molecule has 0 amide bonds. The monoisotopic (exact) mass is 356 g/mol. The first-order valence-corrected chi connectivity index (χ1v) is 8.75. The second-order valence-corrected chi connectivity index (χ2v) is 6.36. The van der Waals surface area contributed by atoms with Crippen LogP contribution in [0.5, 0.6) is 11.5 Å². The Balaban J connectivity index is 2.05. The number of ether oxygens (including phenoxy) is 2. The first-order chi connectivity index (χ1) is 12.7. The van der Waals surface area contributed by atoms with Crippen LogP contribution in [0.2, 0.25) is 0 Å². The average molecular weight is 356 g/mol. The van der Waals surface area contributed by atoms with Gasteiger partial charge in [0, 0.05) is 29.9 Å². The van der Waals surface area contributed by atoms with Crippen LogP contribution in [0, 0.1) is 0 Å². The molecule has 1 aliphatic rings. The lowest BCUT2D eigenvalue weighted by Crippen LogP contribution is -2.39. The van der Waals surface area contributed by atoms with Crippen LogP contribution in [-0.4, -0.2) is 47.8 Å². The third kappa shape index (κ3) is 3.65. The number of methoxy groups -OCH3 is 2. The van der Waals surface area contributed by atoms with Crippen molar-refractivity contribution in [3.8, 4) is 11.5 Å². The summed E-state index contributed by atoms with van der Waals surface area (Å²) in [6, 6.07) is 10.9. The standard InChI is InChI=1S/C20H24N2O4/c1-25-18-10-5-8-15(19(18)26-2)17(13-14-7-3-4-11-21-14)22-12-6-9-16(22)20(23)24/h3-5,7-8,10-11,16-17H,6,9,12-13H2,1-2H3,(H,23,24). The first kappa shape index (κ1) is 18.2. The van der Waals surface area contributed by atoms with E-state index in [9.17, 15) is 9.90 Å². The average Bonchev–Trinajstić information content (AvgIpc) is 3.16. The summed E-state index contributed by atoms with van der Waals surface area (Å²) < 4.78 is 11.1. The van der Waals surface area contributed by atoms with Crippen LogP contribution in [0.1, 0.15) is 30.1 Å². The van der Waals surface area contributed by atoms with E-state index in [1.54, 1.807) is 20.4 Å². The number of carboxylic acid groups (broad SMARTS) is 1. The molecule has 2 heterocycles. The molecule has 138 valence electrons. The molecule has 0 aliphatic carbocycles. The topological polar surface area (TPSA) is 71.9 Å². The zero-order valence-electron chi connectivity index (χ0n) is 15.1. The predicted octanol–water partition coefficient (Wildman–Crippen LogP) is 2.93. The van der Waals surface area contributed by atoms with E-state index in [-0.39, 0.29) is 6.04 Å². The van der Waals surface area contributed by atoms with Gasteiger partial charge in [-0.3, -0.25) is 14.7 Å². The Morgan fingerprint density at radius 1 is 1.27 bits per heavy atom. The van der Waals surface area contributed by atoms with E-state index in [4.69, 9.17) is 9.47 Å². The van der Waals surface area contributed by atoms with Crippen LogP contribution in [0.4, 0.5) is 0 Å². The first-order valence-electron chi connectivity index (χ1n) is 8.75. The maximum absolute atomic E-state index is 11.8. The summed E-state index contributed by atoms with van der Waals surface area (Å²) in [5.41, 5.74) is 1.84. The van der Waals surface area contributed by atoms with Crippen molar-refractivity contribution in [2.24, 2.45) is 0 Å². The highest BCUT2D eigenvalue weighted by Gasteiger charge is 2.37. The van der Waals surface area contributed by atoms with Crippen LogP contribution < -0.4 is 9.47 Å². The van der Waals surface area contributed by atoms with E-state index >= 15 is 0 Å². The van der Waals surface area contributed by atoms with Crippen molar-refractivity contribution >= 4 is 5.97 Å². The van der Waals surface area contributed by atoms with Gasteiger partial charge >= 0.3 is 5.97 Å². The molecule has 0 saturated carbocycles. The van der Waals surface area contributed by atoms with E-state index in [0.29, 0.717) is 24.3 Å². The lowest BCUT2D eigenvalue weighted by Gasteiger charge is -2.32. The minimum Gasteiger partial charge on any atom is -0.493 e. The summed E-state index contributed by atoms with van der Waals surface area (Å²) in [6.45, 7) is 0.731. The van der Waals surface area contributed by atoms with E-state index in [0.717, 1.165) is 24.2 Å². The summed E-state index contributed by atoms with van der Waals surface area (Å²) in [6.07, 6.45) is 3.88. The molecule has 1 N–H and O–H groups in total. The van der Waals surface area contributed by atoms with Crippen LogP contribution >= 0.6 is 0 Å². The molecule has 3 rings (SSSR count). The number of carboxylic acids is 1. The van der Waals surface area contributed by atoms with Crippen LogP contribution in [0.25, 0.3) is 0 Å². The van der Waals surface area contributed by atoms with Crippen molar-refractivity contribution in [1.29, 1.82) is 0 Å². The molecule has 6 heteroatoms. The van der Waals surface area contributed by atoms with Gasteiger partial charge in [-0.15, -0.1) is 0 Å². The fourth-order valence-corrected chi connectivity index (χ4v) is 3.72. The fraction of sp³-hybridized carbons (Fsp3) is 0.400. The number of aromatic nitrogens is 1. The maximum atomic E-state index is 11.8. The zero-order chi connectivity index (χ0) is 18.5. The molecular formula is C20H24N2O4. The van der Waals surface area contributed by atoms with Crippen molar-refractivity contribution in [3.63, 3.8) is 0 Å². The SMILES string of the molecule is COc1cccc(C(Cc2ccccn2)N2CCCC2C(=O)O)c1OC. The molecule has 1 aromatic carbocycles. The van der Waals surface area contributed by atoms with Gasteiger partial charge < -0.3 is 14.6 Å². The number of rotatable bonds is 7. The number of para-hydroxylation sites is 1. The molecule has 26 heavy (non-hydrogen) atoms. The van der Waals surface area contributed by atoms with Gasteiger partial charge in [-0.05, 0) is 37.6 Å². The normalized spacial score (nSPS) is 18.5. The molecule has 0 bridgehead atoms. The molecule has 2 aromatic rings. The summed E-state index contributed by atoms with van der Waals surface area (Å²) in [4.78, 5) is 18.3. The predicted molar refractivity (Wildman–Crippen MR) is 97.6 cm³/mol. The summed E-state index contributed by atoms with van der Waals surface area (Å²) in [5, 5.41) is 9.66. The number of carbonyl (C=O) groups is 1. The minimum atomic E-state index is -0.782. The van der Waals surface area contributed by atoms with Crippen molar-refractivity contribution in [1.82, 2.24) is 9.88 Å². The van der Waals surface area contributed by atoms with E-state index < -0.39 is 12.0 Å². The Morgan fingerprint density at radius 2 is 2.12 bits per heavy atom. The molecule has 1 aromatic heterocycles. The molecule has 2 unspecified atom stereocenters. The Bertz CT molecular complexity index is 751. The Kier molecular flexibility index (Phi) is 5.73. The van der Waals surface area contributed by atoms with Crippen molar-refractivity contribution in [2.75, 3.05) is 20.8 Å².